The van der Waals surface area contributed by atoms with Crippen LogP contribution in [0.15, 0.2) is 108 Å². The van der Waals surface area contributed by atoms with Crippen molar-refractivity contribution in [2.75, 3.05) is 25.3 Å². The first-order chi connectivity index (χ1) is 17.2. The van der Waals surface area contributed by atoms with E-state index < -0.39 is 0 Å². The molecule has 0 fully saturated rings. The van der Waals surface area contributed by atoms with Gasteiger partial charge in [-0.15, -0.1) is 0 Å². The second-order valence-corrected chi connectivity index (χ2v) is 8.80. The van der Waals surface area contributed by atoms with E-state index >= 15 is 0 Å². The molecule has 0 radical (unpaired) electrons. The van der Waals surface area contributed by atoms with Gasteiger partial charge < -0.3 is 9.47 Å². The lowest BCUT2D eigenvalue weighted by Gasteiger charge is -2.24. The number of rotatable bonds is 8. The zero-order chi connectivity index (χ0) is 24.0. The largest absolute Gasteiger partial charge is 0.491 e. The summed E-state index contributed by atoms with van der Waals surface area (Å²) >= 11 is 0. The van der Waals surface area contributed by atoms with Gasteiger partial charge in [0.1, 0.15) is 12.4 Å². The van der Waals surface area contributed by atoms with Crippen LogP contribution in [0.4, 0.5) is 5.69 Å². The topological polar surface area (TPSA) is 34.1 Å². The van der Waals surface area contributed by atoms with Crippen LogP contribution in [0.2, 0.25) is 0 Å². The number of methoxy groups -OCH3 is 1. The molecule has 0 aliphatic carbocycles. The van der Waals surface area contributed by atoms with Crippen LogP contribution in [0.1, 0.15) is 29.2 Å². The van der Waals surface area contributed by atoms with Crippen molar-refractivity contribution in [3.63, 3.8) is 0 Å². The van der Waals surface area contributed by atoms with E-state index in [1.54, 1.807) is 7.11 Å². The molecule has 4 heteroatoms. The summed E-state index contributed by atoms with van der Waals surface area (Å²) in [6, 6.07) is 36.3. The van der Waals surface area contributed by atoms with Gasteiger partial charge in [-0.1, -0.05) is 84.4 Å². The summed E-state index contributed by atoms with van der Waals surface area (Å²) in [7, 11) is 1.68. The van der Waals surface area contributed by atoms with Crippen molar-refractivity contribution in [1.29, 1.82) is 0 Å². The Bertz CT molecular complexity index is 1260. The molecule has 1 aliphatic rings. The molecule has 4 nitrogen and oxygen atoms in total. The van der Waals surface area contributed by atoms with Crippen LogP contribution in [0, 0.1) is 6.92 Å². The summed E-state index contributed by atoms with van der Waals surface area (Å²) in [5.41, 5.74) is 8.23. The predicted molar refractivity (Wildman–Crippen MR) is 143 cm³/mol. The van der Waals surface area contributed by atoms with Crippen molar-refractivity contribution in [3.8, 4) is 16.9 Å². The van der Waals surface area contributed by atoms with Crippen LogP contribution < -0.4 is 9.75 Å². The minimum Gasteiger partial charge on any atom is -0.491 e. The van der Waals surface area contributed by atoms with E-state index in [2.05, 4.69) is 96.9 Å². The maximum absolute atomic E-state index is 5.76. The summed E-state index contributed by atoms with van der Waals surface area (Å²) in [6.45, 7) is 3.23. The number of hydrazone groups is 1. The summed E-state index contributed by atoms with van der Waals surface area (Å²) < 4.78 is 10.8. The highest BCUT2D eigenvalue weighted by Gasteiger charge is 2.30. The van der Waals surface area contributed by atoms with Crippen LogP contribution in [0.3, 0.4) is 0 Å². The SMILES string of the molecule is COCCOc1ccc(C2CC(c3ccc(-c4ccccc4)cc3)=NN2c2ccc(C)cc2)cc1. The Morgan fingerprint density at radius 2 is 1.40 bits per heavy atom. The number of benzene rings is 4. The van der Waals surface area contributed by atoms with E-state index in [1.807, 2.05) is 18.2 Å². The molecular weight excluding hydrogens is 432 g/mol. The molecular formula is C31H30N2O2. The van der Waals surface area contributed by atoms with Crippen molar-refractivity contribution in [2.24, 2.45) is 5.10 Å². The molecule has 4 aromatic rings. The maximum Gasteiger partial charge on any atom is 0.119 e. The molecule has 5 rings (SSSR count). The highest BCUT2D eigenvalue weighted by molar-refractivity contribution is 6.03. The molecule has 1 aliphatic heterocycles. The second kappa shape index (κ2) is 10.6. The van der Waals surface area contributed by atoms with Gasteiger partial charge in [0.05, 0.1) is 24.0 Å². The Morgan fingerprint density at radius 1 is 0.743 bits per heavy atom. The smallest absolute Gasteiger partial charge is 0.119 e. The van der Waals surface area contributed by atoms with E-state index in [9.17, 15) is 0 Å². The molecule has 0 spiro atoms. The fourth-order valence-corrected chi connectivity index (χ4v) is 4.39. The van der Waals surface area contributed by atoms with Crippen LogP contribution in [-0.2, 0) is 4.74 Å². The molecule has 0 amide bonds. The lowest BCUT2D eigenvalue weighted by Crippen LogP contribution is -2.18. The van der Waals surface area contributed by atoms with Gasteiger partial charge in [-0.05, 0) is 53.4 Å². The fraction of sp³-hybridized carbons (Fsp3) is 0.194. The molecule has 1 heterocycles. The minimum absolute atomic E-state index is 0.120. The first kappa shape index (κ1) is 22.9. The summed E-state index contributed by atoms with van der Waals surface area (Å²) in [5.74, 6) is 0.850. The zero-order valence-electron chi connectivity index (χ0n) is 20.2. The Balaban J connectivity index is 1.41. The molecule has 0 saturated carbocycles. The molecule has 0 saturated heterocycles. The summed E-state index contributed by atoms with van der Waals surface area (Å²) in [4.78, 5) is 0. The van der Waals surface area contributed by atoms with E-state index in [0.717, 1.165) is 29.1 Å². The van der Waals surface area contributed by atoms with Crippen LogP contribution in [0.25, 0.3) is 11.1 Å². The monoisotopic (exact) mass is 462 g/mol. The fourth-order valence-electron chi connectivity index (χ4n) is 4.39. The number of anilines is 1. The molecule has 4 aromatic carbocycles. The van der Waals surface area contributed by atoms with Gasteiger partial charge in [-0.25, -0.2) is 0 Å². The standard InChI is InChI=1S/C31H30N2O2/c1-23-8-16-28(17-9-23)33-31(27-14-18-29(19-15-27)35-21-20-34-2)22-30(32-33)26-12-10-25(11-13-26)24-6-4-3-5-7-24/h3-19,31H,20-22H2,1-2H3. The maximum atomic E-state index is 5.76. The highest BCUT2D eigenvalue weighted by atomic mass is 16.5. The lowest BCUT2D eigenvalue weighted by molar-refractivity contribution is 0.146. The number of ether oxygens (including phenoxy) is 2. The summed E-state index contributed by atoms with van der Waals surface area (Å²) in [5, 5.41) is 7.26. The first-order valence-corrected chi connectivity index (χ1v) is 12.0. The second-order valence-electron chi connectivity index (χ2n) is 8.80. The average Bonchev–Trinajstić information content (AvgIpc) is 3.36. The highest BCUT2D eigenvalue weighted by Crippen LogP contribution is 2.37. The third-order valence-electron chi connectivity index (χ3n) is 6.36. The third-order valence-corrected chi connectivity index (χ3v) is 6.36. The number of aryl methyl sites for hydroxylation is 1. The normalized spacial score (nSPS) is 15.2. The number of hydrogen-bond donors (Lipinski definition) is 0. The third kappa shape index (κ3) is 5.28. The Morgan fingerprint density at radius 3 is 2.09 bits per heavy atom. The predicted octanol–water partition coefficient (Wildman–Crippen LogP) is 7.04. The Hall–Kier alpha value is -3.89. The van der Waals surface area contributed by atoms with Crippen molar-refractivity contribution < 1.29 is 9.47 Å². The van der Waals surface area contributed by atoms with Crippen molar-refractivity contribution in [3.05, 3.63) is 120 Å². The average molecular weight is 463 g/mol. The molecule has 35 heavy (non-hydrogen) atoms. The van der Waals surface area contributed by atoms with Gasteiger partial charge in [0.15, 0.2) is 0 Å². The first-order valence-electron chi connectivity index (χ1n) is 12.0. The Labute approximate surface area is 207 Å². The van der Waals surface area contributed by atoms with Gasteiger partial charge in [-0.2, -0.15) is 5.10 Å². The zero-order valence-corrected chi connectivity index (χ0v) is 20.2. The van der Waals surface area contributed by atoms with Gasteiger partial charge in [-0.3, -0.25) is 5.01 Å². The minimum atomic E-state index is 0.120. The van der Waals surface area contributed by atoms with E-state index in [0.29, 0.717) is 13.2 Å². The molecule has 1 unspecified atom stereocenters. The van der Waals surface area contributed by atoms with Gasteiger partial charge in [0.25, 0.3) is 0 Å². The van der Waals surface area contributed by atoms with Crippen molar-refractivity contribution >= 4 is 11.4 Å². The molecule has 0 bridgehead atoms. The van der Waals surface area contributed by atoms with Crippen LogP contribution in [-0.4, -0.2) is 26.0 Å². The van der Waals surface area contributed by atoms with Gasteiger partial charge >= 0.3 is 0 Å². The Kier molecular flexibility index (Phi) is 6.92. The van der Waals surface area contributed by atoms with Crippen molar-refractivity contribution in [1.82, 2.24) is 0 Å². The van der Waals surface area contributed by atoms with E-state index in [1.165, 1.54) is 22.3 Å². The van der Waals surface area contributed by atoms with Crippen LogP contribution in [0.5, 0.6) is 5.75 Å². The molecule has 0 aromatic heterocycles. The lowest BCUT2D eigenvalue weighted by atomic mass is 9.96. The van der Waals surface area contributed by atoms with E-state index in [4.69, 9.17) is 14.6 Å². The molecule has 1 atom stereocenters. The van der Waals surface area contributed by atoms with Crippen LogP contribution >= 0.6 is 0 Å². The summed E-state index contributed by atoms with van der Waals surface area (Å²) in [6.07, 6.45) is 0.836. The number of hydrogen-bond acceptors (Lipinski definition) is 4. The number of nitrogens with zero attached hydrogens (tertiary/aromatic N) is 2. The van der Waals surface area contributed by atoms with Crippen molar-refractivity contribution in [2.45, 2.75) is 19.4 Å². The van der Waals surface area contributed by atoms with Gasteiger partial charge in [0.2, 0.25) is 0 Å². The quantitative estimate of drug-likeness (QED) is 0.263. The van der Waals surface area contributed by atoms with Gasteiger partial charge in [0, 0.05) is 13.5 Å². The van der Waals surface area contributed by atoms with E-state index in [-0.39, 0.29) is 6.04 Å². The molecule has 0 N–H and O–H groups in total. The molecule has 176 valence electrons.